The van der Waals surface area contributed by atoms with E-state index in [2.05, 4.69) is 10.2 Å². The summed E-state index contributed by atoms with van der Waals surface area (Å²) in [4.78, 5) is 0. The van der Waals surface area contributed by atoms with Crippen molar-refractivity contribution in [2.45, 2.75) is 54.7 Å². The van der Waals surface area contributed by atoms with Crippen molar-refractivity contribution in [3.63, 3.8) is 0 Å². The Kier molecular flexibility index (Phi) is 3.10. The van der Waals surface area contributed by atoms with E-state index in [0.29, 0.717) is 22.9 Å². The number of hydrogen-bond donors (Lipinski definition) is 1. The van der Waals surface area contributed by atoms with Crippen molar-refractivity contribution in [3.8, 4) is 0 Å². The van der Waals surface area contributed by atoms with Crippen LogP contribution in [0.25, 0.3) is 0 Å². The van der Waals surface area contributed by atoms with Crippen molar-refractivity contribution in [2.24, 2.45) is 5.73 Å². The predicted octanol–water partition coefficient (Wildman–Crippen LogP) is 1.72. The monoisotopic (exact) mass is 255 g/mol. The maximum absolute atomic E-state index is 5.90. The molecule has 1 saturated carbocycles. The summed E-state index contributed by atoms with van der Waals surface area (Å²) in [5.41, 5.74) is 5.62. The summed E-state index contributed by atoms with van der Waals surface area (Å²) >= 11 is 1.68. The molecule has 5 nitrogen and oxygen atoms in total. The fourth-order valence-corrected chi connectivity index (χ4v) is 3.63. The van der Waals surface area contributed by atoms with E-state index in [0.717, 1.165) is 19.4 Å². The zero-order chi connectivity index (χ0) is 11.7. The first kappa shape index (κ1) is 11.5. The number of nitrogens with zero attached hydrogens (tertiary/aromatic N) is 2. The standard InChI is InChI=1S/C11H17N3O2S/c12-7-9-13-14-10(16-9)17-8-2-5-15-11(6-8)3-1-4-11/h8H,1-7,12H2. The van der Waals surface area contributed by atoms with Crippen molar-refractivity contribution in [3.05, 3.63) is 5.89 Å². The molecule has 0 amide bonds. The van der Waals surface area contributed by atoms with Gasteiger partial charge in [-0.05, 0) is 32.1 Å². The molecule has 3 rings (SSSR count). The van der Waals surface area contributed by atoms with Crippen LogP contribution in [0.1, 0.15) is 38.0 Å². The van der Waals surface area contributed by atoms with Gasteiger partial charge in [0.05, 0.1) is 12.1 Å². The Bertz CT molecular complexity index is 392. The lowest BCUT2D eigenvalue weighted by atomic mass is 9.75. The fourth-order valence-electron chi connectivity index (χ4n) is 2.51. The summed E-state index contributed by atoms with van der Waals surface area (Å²) in [6.07, 6.45) is 5.89. The van der Waals surface area contributed by atoms with Crippen LogP contribution in [-0.2, 0) is 11.3 Å². The third-order valence-corrected chi connectivity index (χ3v) is 4.71. The van der Waals surface area contributed by atoms with Gasteiger partial charge in [0.1, 0.15) is 0 Å². The van der Waals surface area contributed by atoms with E-state index in [4.69, 9.17) is 14.9 Å². The molecule has 17 heavy (non-hydrogen) atoms. The Labute approximate surface area is 104 Å². The third kappa shape index (κ3) is 2.34. The molecule has 2 heterocycles. The summed E-state index contributed by atoms with van der Waals surface area (Å²) in [5, 5.41) is 9.06. The Morgan fingerprint density at radius 1 is 1.41 bits per heavy atom. The van der Waals surface area contributed by atoms with E-state index in [-0.39, 0.29) is 5.60 Å². The largest absolute Gasteiger partial charge is 0.415 e. The van der Waals surface area contributed by atoms with Crippen molar-refractivity contribution < 1.29 is 9.15 Å². The highest BCUT2D eigenvalue weighted by Crippen LogP contribution is 2.46. The zero-order valence-corrected chi connectivity index (χ0v) is 10.5. The predicted molar refractivity (Wildman–Crippen MR) is 63.6 cm³/mol. The Hall–Kier alpha value is -0.590. The van der Waals surface area contributed by atoms with Crippen molar-refractivity contribution >= 4 is 11.8 Å². The van der Waals surface area contributed by atoms with Gasteiger partial charge in [-0.25, -0.2) is 0 Å². The number of nitrogens with two attached hydrogens (primary N) is 1. The van der Waals surface area contributed by atoms with Gasteiger partial charge >= 0.3 is 0 Å². The SMILES string of the molecule is NCc1nnc(SC2CCOC3(CCC3)C2)o1. The minimum atomic E-state index is 0.173. The molecule has 1 aliphatic carbocycles. The second kappa shape index (κ2) is 4.59. The van der Waals surface area contributed by atoms with Gasteiger partial charge in [-0.2, -0.15) is 0 Å². The highest BCUT2D eigenvalue weighted by atomic mass is 32.2. The van der Waals surface area contributed by atoms with Gasteiger partial charge in [0.15, 0.2) is 0 Å². The molecule has 2 fully saturated rings. The molecule has 94 valence electrons. The molecule has 2 aliphatic rings. The lowest BCUT2D eigenvalue weighted by molar-refractivity contribution is -0.125. The second-order valence-corrected chi connectivity index (χ2v) is 6.04. The molecule has 1 atom stereocenters. The number of aromatic nitrogens is 2. The quantitative estimate of drug-likeness (QED) is 0.886. The molecule has 1 aromatic heterocycles. The summed E-state index contributed by atoms with van der Waals surface area (Å²) in [7, 11) is 0. The van der Waals surface area contributed by atoms with Crippen LogP contribution < -0.4 is 5.73 Å². The van der Waals surface area contributed by atoms with E-state index in [9.17, 15) is 0 Å². The molecule has 1 unspecified atom stereocenters. The minimum absolute atomic E-state index is 0.173. The summed E-state index contributed by atoms with van der Waals surface area (Å²) in [5.74, 6) is 0.512. The Morgan fingerprint density at radius 2 is 2.29 bits per heavy atom. The van der Waals surface area contributed by atoms with Crippen LogP contribution >= 0.6 is 11.8 Å². The molecule has 6 heteroatoms. The molecule has 0 bridgehead atoms. The van der Waals surface area contributed by atoms with Crippen LogP contribution in [0.3, 0.4) is 0 Å². The number of thioether (sulfide) groups is 1. The van der Waals surface area contributed by atoms with Crippen LogP contribution in [0.5, 0.6) is 0 Å². The summed E-state index contributed by atoms with van der Waals surface area (Å²) in [6, 6.07) is 0. The van der Waals surface area contributed by atoms with Crippen LogP contribution in [0, 0.1) is 0 Å². The third-order valence-electron chi connectivity index (χ3n) is 3.60. The maximum Gasteiger partial charge on any atom is 0.276 e. The number of rotatable bonds is 3. The van der Waals surface area contributed by atoms with Crippen LogP contribution in [0.2, 0.25) is 0 Å². The minimum Gasteiger partial charge on any atom is -0.415 e. The highest BCUT2D eigenvalue weighted by molar-refractivity contribution is 7.99. The van der Waals surface area contributed by atoms with Gasteiger partial charge in [-0.3, -0.25) is 0 Å². The molecule has 0 radical (unpaired) electrons. The molecule has 1 aromatic rings. The van der Waals surface area contributed by atoms with Gasteiger partial charge in [0.2, 0.25) is 5.89 Å². The molecule has 1 aliphatic heterocycles. The van der Waals surface area contributed by atoms with Crippen LogP contribution in [0.4, 0.5) is 0 Å². The van der Waals surface area contributed by atoms with E-state index in [1.54, 1.807) is 11.8 Å². The zero-order valence-electron chi connectivity index (χ0n) is 9.72. The highest BCUT2D eigenvalue weighted by Gasteiger charge is 2.43. The topological polar surface area (TPSA) is 74.2 Å². The number of ether oxygens (including phenoxy) is 1. The average Bonchev–Trinajstić information content (AvgIpc) is 2.75. The Balaban J connectivity index is 1.60. The van der Waals surface area contributed by atoms with Crippen LogP contribution in [-0.4, -0.2) is 27.7 Å². The van der Waals surface area contributed by atoms with Gasteiger partial charge in [0.25, 0.3) is 5.22 Å². The lowest BCUT2D eigenvalue weighted by Crippen LogP contribution is -2.46. The molecule has 0 aromatic carbocycles. The van der Waals surface area contributed by atoms with Crippen molar-refractivity contribution in [1.29, 1.82) is 0 Å². The van der Waals surface area contributed by atoms with E-state index >= 15 is 0 Å². The molecule has 1 spiro atoms. The van der Waals surface area contributed by atoms with E-state index in [1.165, 1.54) is 19.3 Å². The van der Waals surface area contributed by atoms with Gasteiger partial charge in [-0.15, -0.1) is 10.2 Å². The second-order valence-electron chi connectivity index (χ2n) is 4.78. The van der Waals surface area contributed by atoms with E-state index in [1.807, 2.05) is 0 Å². The Morgan fingerprint density at radius 3 is 2.94 bits per heavy atom. The first-order valence-corrected chi connectivity index (χ1v) is 7.01. The fraction of sp³-hybridized carbons (Fsp3) is 0.818. The van der Waals surface area contributed by atoms with Gasteiger partial charge in [-0.1, -0.05) is 11.8 Å². The maximum atomic E-state index is 5.90. The summed E-state index contributed by atoms with van der Waals surface area (Å²) < 4.78 is 11.3. The summed E-state index contributed by atoms with van der Waals surface area (Å²) in [6.45, 7) is 1.17. The van der Waals surface area contributed by atoms with Gasteiger partial charge in [0, 0.05) is 11.9 Å². The molecular weight excluding hydrogens is 238 g/mol. The van der Waals surface area contributed by atoms with Crippen LogP contribution in [0.15, 0.2) is 9.64 Å². The normalized spacial score (nSPS) is 27.0. The van der Waals surface area contributed by atoms with Gasteiger partial charge < -0.3 is 14.9 Å². The smallest absolute Gasteiger partial charge is 0.276 e. The van der Waals surface area contributed by atoms with Crippen molar-refractivity contribution in [1.82, 2.24) is 10.2 Å². The van der Waals surface area contributed by atoms with Crippen molar-refractivity contribution in [2.75, 3.05) is 6.61 Å². The average molecular weight is 255 g/mol. The molecule has 2 N–H and O–H groups in total. The first-order valence-electron chi connectivity index (χ1n) is 6.13. The number of hydrogen-bond acceptors (Lipinski definition) is 6. The lowest BCUT2D eigenvalue weighted by Gasteiger charge is -2.46. The molecule has 1 saturated heterocycles. The first-order chi connectivity index (χ1) is 8.30. The van der Waals surface area contributed by atoms with E-state index < -0.39 is 0 Å². The molecular formula is C11H17N3O2S.